The van der Waals surface area contributed by atoms with Gasteiger partial charge in [0, 0.05) is 18.3 Å². The number of amides is 2. The minimum atomic E-state index is -4.69. The minimum absolute atomic E-state index is 0.148. The largest absolute Gasteiger partial charge is 0.433 e. The van der Waals surface area contributed by atoms with Crippen LogP contribution in [-0.4, -0.2) is 58.9 Å². The number of halogens is 3. The van der Waals surface area contributed by atoms with Crippen molar-refractivity contribution in [1.82, 2.24) is 25.2 Å². The first-order valence-corrected chi connectivity index (χ1v) is 10.4. The van der Waals surface area contributed by atoms with Gasteiger partial charge in [0.1, 0.15) is 22.4 Å². The molecule has 0 saturated carbocycles. The van der Waals surface area contributed by atoms with Crippen molar-refractivity contribution in [2.45, 2.75) is 18.5 Å². The van der Waals surface area contributed by atoms with Crippen LogP contribution in [-0.2, 0) is 11.0 Å². The van der Waals surface area contributed by atoms with E-state index in [0.29, 0.717) is 28.4 Å². The van der Waals surface area contributed by atoms with Gasteiger partial charge in [-0.15, -0.1) is 11.3 Å². The van der Waals surface area contributed by atoms with E-state index in [4.69, 9.17) is 5.73 Å². The maximum absolute atomic E-state index is 13.0. The summed E-state index contributed by atoms with van der Waals surface area (Å²) >= 11 is 1.05. The first-order valence-electron chi connectivity index (χ1n) is 9.59. The van der Waals surface area contributed by atoms with Gasteiger partial charge in [-0.2, -0.15) is 13.2 Å². The fraction of sp³-hybridized carbons (Fsp3) is 0.350. The third kappa shape index (κ3) is 5.56. The molecule has 170 valence electrons. The predicted octanol–water partition coefficient (Wildman–Crippen LogP) is 2.40. The molecule has 2 amide bonds. The molecule has 0 fully saturated rings. The molecule has 32 heavy (non-hydrogen) atoms. The molecule has 0 spiro atoms. The fourth-order valence-corrected chi connectivity index (χ4v) is 4.05. The molecule has 0 aliphatic rings. The number of alkyl halides is 3. The lowest BCUT2D eigenvalue weighted by Gasteiger charge is -2.11. The predicted molar refractivity (Wildman–Crippen MR) is 113 cm³/mol. The number of primary amides is 1. The monoisotopic (exact) mass is 466 g/mol. The zero-order chi connectivity index (χ0) is 23.5. The summed E-state index contributed by atoms with van der Waals surface area (Å²) in [6.07, 6.45) is -2.97. The molecule has 3 rings (SSSR count). The molecule has 0 radical (unpaired) electrons. The smallest absolute Gasteiger partial charge is 0.369 e. The number of carbonyl (C=O) groups is 2. The SMILES string of the molecule is CN(C)CCCNC(=O)c1ccc2nc(C(C(N)=O)c3nccc(C(F)(F)F)n3)sc2c1. The Morgan fingerprint density at radius 3 is 2.62 bits per heavy atom. The second kappa shape index (κ2) is 9.57. The van der Waals surface area contributed by atoms with Crippen molar-refractivity contribution in [3.63, 3.8) is 0 Å². The maximum atomic E-state index is 13.0. The number of carbonyl (C=O) groups excluding carboxylic acids is 2. The third-order valence-corrected chi connectivity index (χ3v) is 5.57. The molecule has 1 atom stereocenters. The van der Waals surface area contributed by atoms with Gasteiger partial charge in [0.15, 0.2) is 0 Å². The molecule has 2 aromatic heterocycles. The molecular formula is C20H21F3N6O2S. The van der Waals surface area contributed by atoms with Crippen molar-refractivity contribution in [3.05, 3.63) is 52.6 Å². The van der Waals surface area contributed by atoms with Crippen LogP contribution in [0.3, 0.4) is 0 Å². The van der Waals surface area contributed by atoms with Crippen LogP contribution in [0.1, 0.15) is 39.2 Å². The van der Waals surface area contributed by atoms with Gasteiger partial charge in [-0.3, -0.25) is 9.59 Å². The summed E-state index contributed by atoms with van der Waals surface area (Å²) in [5.41, 5.74) is 5.16. The number of thiazole rings is 1. The Labute approximate surface area is 185 Å². The molecule has 1 unspecified atom stereocenters. The van der Waals surface area contributed by atoms with Crippen LogP contribution in [0.15, 0.2) is 30.5 Å². The summed E-state index contributed by atoms with van der Waals surface area (Å²) in [5.74, 6) is -2.92. The molecule has 3 aromatic rings. The van der Waals surface area contributed by atoms with E-state index in [1.54, 1.807) is 18.2 Å². The fourth-order valence-electron chi connectivity index (χ4n) is 2.94. The molecular weight excluding hydrogens is 445 g/mol. The normalized spacial score (nSPS) is 12.8. The number of benzene rings is 1. The zero-order valence-electron chi connectivity index (χ0n) is 17.3. The summed E-state index contributed by atoms with van der Waals surface area (Å²) in [5, 5.41) is 2.98. The number of hydrogen-bond donors (Lipinski definition) is 2. The van der Waals surface area contributed by atoms with Crippen molar-refractivity contribution in [3.8, 4) is 0 Å². The summed E-state index contributed by atoms with van der Waals surface area (Å²) in [6, 6.07) is 5.52. The van der Waals surface area contributed by atoms with Crippen LogP contribution in [0.2, 0.25) is 0 Å². The molecule has 3 N–H and O–H groups in total. The number of aromatic nitrogens is 3. The van der Waals surface area contributed by atoms with Crippen LogP contribution in [0, 0.1) is 0 Å². The van der Waals surface area contributed by atoms with E-state index in [0.717, 1.165) is 30.5 Å². The van der Waals surface area contributed by atoms with E-state index in [-0.39, 0.29) is 16.7 Å². The quantitative estimate of drug-likeness (QED) is 0.493. The first kappa shape index (κ1) is 23.5. The van der Waals surface area contributed by atoms with Crippen molar-refractivity contribution < 1.29 is 22.8 Å². The molecule has 0 bridgehead atoms. The molecule has 2 heterocycles. The number of nitrogens with two attached hydrogens (primary N) is 1. The molecule has 8 nitrogen and oxygen atoms in total. The van der Waals surface area contributed by atoms with Gasteiger partial charge in [0.2, 0.25) is 5.91 Å². The molecule has 0 aliphatic heterocycles. The Morgan fingerprint density at radius 1 is 1.22 bits per heavy atom. The number of fused-ring (bicyclic) bond motifs is 1. The van der Waals surface area contributed by atoms with Gasteiger partial charge in [0.25, 0.3) is 5.91 Å². The zero-order valence-corrected chi connectivity index (χ0v) is 18.1. The van der Waals surface area contributed by atoms with E-state index in [1.807, 2.05) is 19.0 Å². The van der Waals surface area contributed by atoms with Gasteiger partial charge in [-0.25, -0.2) is 15.0 Å². The van der Waals surface area contributed by atoms with Crippen molar-refractivity contribution in [2.75, 3.05) is 27.2 Å². The van der Waals surface area contributed by atoms with Crippen molar-refractivity contribution in [2.24, 2.45) is 5.73 Å². The second-order valence-corrected chi connectivity index (χ2v) is 8.34. The van der Waals surface area contributed by atoms with Gasteiger partial charge < -0.3 is 16.0 Å². The number of hydrogen-bond acceptors (Lipinski definition) is 7. The summed E-state index contributed by atoms with van der Waals surface area (Å²) in [7, 11) is 3.89. The van der Waals surface area contributed by atoms with Crippen LogP contribution >= 0.6 is 11.3 Å². The van der Waals surface area contributed by atoms with Crippen LogP contribution in [0.4, 0.5) is 13.2 Å². The molecule has 12 heteroatoms. The van der Waals surface area contributed by atoms with Gasteiger partial charge in [-0.1, -0.05) is 0 Å². The highest BCUT2D eigenvalue weighted by molar-refractivity contribution is 7.18. The van der Waals surface area contributed by atoms with Crippen LogP contribution in [0.25, 0.3) is 10.2 Å². The van der Waals surface area contributed by atoms with E-state index < -0.39 is 23.7 Å². The maximum Gasteiger partial charge on any atom is 0.433 e. The topological polar surface area (TPSA) is 114 Å². The highest BCUT2D eigenvalue weighted by Crippen LogP contribution is 2.33. The van der Waals surface area contributed by atoms with Crippen molar-refractivity contribution >= 4 is 33.4 Å². The van der Waals surface area contributed by atoms with E-state index in [2.05, 4.69) is 20.3 Å². The summed E-state index contributed by atoms with van der Waals surface area (Å²) < 4.78 is 39.6. The Balaban J connectivity index is 1.86. The average Bonchev–Trinajstić information content (AvgIpc) is 3.12. The number of rotatable bonds is 8. The van der Waals surface area contributed by atoms with Gasteiger partial charge >= 0.3 is 6.18 Å². The van der Waals surface area contributed by atoms with E-state index in [1.165, 1.54) is 0 Å². The third-order valence-electron chi connectivity index (χ3n) is 4.49. The Bertz CT molecular complexity index is 1130. The Hall–Kier alpha value is -3.12. The molecule has 0 saturated heterocycles. The van der Waals surface area contributed by atoms with Crippen molar-refractivity contribution in [1.29, 1.82) is 0 Å². The van der Waals surface area contributed by atoms with Gasteiger partial charge in [-0.05, 0) is 51.3 Å². The molecule has 0 aliphatic carbocycles. The lowest BCUT2D eigenvalue weighted by Crippen LogP contribution is -2.27. The summed E-state index contributed by atoms with van der Waals surface area (Å²) in [4.78, 5) is 38.1. The lowest BCUT2D eigenvalue weighted by atomic mass is 10.1. The minimum Gasteiger partial charge on any atom is -0.369 e. The Morgan fingerprint density at radius 2 is 1.97 bits per heavy atom. The molecule has 1 aromatic carbocycles. The lowest BCUT2D eigenvalue weighted by molar-refractivity contribution is -0.141. The number of nitrogens with one attached hydrogen (secondary N) is 1. The van der Waals surface area contributed by atoms with Crippen LogP contribution < -0.4 is 11.1 Å². The number of nitrogens with zero attached hydrogens (tertiary/aromatic N) is 4. The average molecular weight is 466 g/mol. The highest BCUT2D eigenvalue weighted by atomic mass is 32.1. The van der Waals surface area contributed by atoms with Gasteiger partial charge in [0.05, 0.1) is 10.2 Å². The second-order valence-electron chi connectivity index (χ2n) is 7.28. The van der Waals surface area contributed by atoms with Crippen LogP contribution in [0.5, 0.6) is 0 Å². The highest BCUT2D eigenvalue weighted by Gasteiger charge is 2.35. The Kier molecular flexibility index (Phi) is 7.04. The summed E-state index contributed by atoms with van der Waals surface area (Å²) in [6.45, 7) is 1.35. The van der Waals surface area contributed by atoms with E-state index in [9.17, 15) is 22.8 Å². The first-order chi connectivity index (χ1) is 15.1. The standard InChI is InChI=1S/C20H21F3N6O2S/c1-29(2)9-3-7-26-18(31)11-4-5-12-13(10-11)32-19(27-12)15(16(24)30)17-25-8-6-14(28-17)20(21,22)23/h4-6,8,10,15H,3,7,9H2,1-2H3,(H2,24,30)(H,26,31). The van der Waals surface area contributed by atoms with E-state index >= 15 is 0 Å².